The van der Waals surface area contributed by atoms with Gasteiger partial charge in [0.1, 0.15) is 29.0 Å². The monoisotopic (exact) mass is 646 g/mol. The molecule has 0 saturated carbocycles. The van der Waals surface area contributed by atoms with Crippen LogP contribution in [0.25, 0.3) is 10.4 Å². The third-order valence-corrected chi connectivity index (χ3v) is 7.48. The van der Waals surface area contributed by atoms with Gasteiger partial charge in [-0.1, -0.05) is 11.7 Å². The Morgan fingerprint density at radius 1 is 1.23 bits per heavy atom. The van der Waals surface area contributed by atoms with Gasteiger partial charge in [-0.2, -0.15) is 0 Å². The molecule has 0 radical (unpaired) electrons. The van der Waals surface area contributed by atoms with E-state index in [1.165, 1.54) is 10.9 Å². The van der Waals surface area contributed by atoms with Crippen LogP contribution in [0.5, 0.6) is 0 Å². The Labute approximate surface area is 251 Å². The van der Waals surface area contributed by atoms with E-state index in [0.717, 1.165) is 0 Å². The van der Waals surface area contributed by atoms with Gasteiger partial charge in [-0.25, -0.2) is 28.0 Å². The summed E-state index contributed by atoms with van der Waals surface area (Å²) in [6.07, 6.45) is -4.62. The van der Waals surface area contributed by atoms with Crippen molar-refractivity contribution in [3.63, 3.8) is 0 Å². The molecule has 3 heterocycles. The van der Waals surface area contributed by atoms with Crippen LogP contribution in [0.15, 0.2) is 28.8 Å². The summed E-state index contributed by atoms with van der Waals surface area (Å²) in [6.45, 7) is 9.60. The Morgan fingerprint density at radius 3 is 2.32 bits per heavy atom. The molecular weight excluding hydrogens is 610 g/mol. The summed E-state index contributed by atoms with van der Waals surface area (Å²) in [4.78, 5) is 35.0. The van der Waals surface area contributed by atoms with E-state index in [0.29, 0.717) is 0 Å². The van der Waals surface area contributed by atoms with Crippen LogP contribution in [0.4, 0.5) is 10.2 Å². The van der Waals surface area contributed by atoms with Gasteiger partial charge in [-0.3, -0.25) is 18.7 Å². The van der Waals surface area contributed by atoms with Crippen molar-refractivity contribution in [1.29, 1.82) is 0 Å². The number of aliphatic imine (C=N–C) groups is 1. The number of esters is 2. The zero-order valence-electron chi connectivity index (χ0n) is 25.1. The molecule has 4 atom stereocenters. The van der Waals surface area contributed by atoms with Crippen molar-refractivity contribution < 1.29 is 51.4 Å². The number of carbonyl (C=O) groups excluding carboxylic acids is 2. The highest BCUT2D eigenvalue weighted by Crippen LogP contribution is 2.52. The molecule has 1 saturated heterocycles. The number of phosphoric acid groups is 1. The van der Waals surface area contributed by atoms with Crippen molar-refractivity contribution >= 4 is 31.4 Å². The molecule has 0 bridgehead atoms. The summed E-state index contributed by atoms with van der Waals surface area (Å²) in [5, 5.41) is 17.2. The number of azide groups is 1. The fourth-order valence-corrected chi connectivity index (χ4v) is 4.69. The van der Waals surface area contributed by atoms with Crippen LogP contribution >= 0.6 is 7.82 Å². The molecule has 244 valence electrons. The predicted octanol–water partition coefficient (Wildman–Crippen LogP) is 3.01. The first-order chi connectivity index (χ1) is 20.3. The second kappa shape index (κ2) is 13.2. The van der Waals surface area contributed by atoms with Gasteiger partial charge < -0.3 is 30.4 Å². The topological polar surface area (TPSA) is 244 Å². The Hall–Kier alpha value is -3.57. The van der Waals surface area contributed by atoms with Crippen LogP contribution in [-0.2, 0) is 41.9 Å². The normalized spacial score (nSPS) is 23.7. The number of nitrogens with zero attached hydrogens (tertiary/aromatic N) is 6. The average Bonchev–Trinajstić information content (AvgIpc) is 3.44. The molecule has 1 fully saturated rings. The van der Waals surface area contributed by atoms with E-state index in [4.69, 9.17) is 39.0 Å². The first kappa shape index (κ1) is 34.9. The number of nitrogens with one attached hydrogen (secondary N) is 1. The lowest BCUT2D eigenvalue weighted by Crippen LogP contribution is -2.48. The largest absolute Gasteiger partial charge is 0.480 e. The highest BCUT2D eigenvalue weighted by molar-refractivity contribution is 7.48. The van der Waals surface area contributed by atoms with Crippen LogP contribution in [0, 0.1) is 10.8 Å². The van der Waals surface area contributed by atoms with Gasteiger partial charge in [0, 0.05) is 4.91 Å². The van der Waals surface area contributed by atoms with Gasteiger partial charge in [-0.15, -0.1) is 0 Å². The van der Waals surface area contributed by atoms with Gasteiger partial charge in [0.05, 0.1) is 30.3 Å². The lowest BCUT2D eigenvalue weighted by molar-refractivity contribution is -0.165. The standard InChI is InChI=1S/C24H36FN8O10P/c1-13-30-17(26)15-18(31-13)33(10-28-15)19-14(25)16(34)24(43-19,8-29-32-27)9-40-44(37,41-11-38-20(35)22(2,3)4)42-12-39-21(36)23(5,6)7/h10,14,16,19,31,34H,1,8-9,11-12H2,2-7H3,(H2,26,30)/t14-,16+,19-,24-/m1/s1. The molecule has 2 aliphatic rings. The zero-order valence-corrected chi connectivity index (χ0v) is 25.9. The fraction of sp³-hybridized carbons (Fsp3) is 0.667. The number of amidine groups is 1. The van der Waals surface area contributed by atoms with Crippen LogP contribution < -0.4 is 11.1 Å². The molecule has 18 nitrogen and oxygen atoms in total. The maximum Gasteiger partial charge on any atom is 0.480 e. The number of hydrogen-bond acceptors (Lipinski definition) is 15. The van der Waals surface area contributed by atoms with Gasteiger partial charge in [0.15, 0.2) is 18.2 Å². The number of aromatic nitrogens is 2. The van der Waals surface area contributed by atoms with Gasteiger partial charge >= 0.3 is 19.8 Å². The number of imidazole rings is 1. The van der Waals surface area contributed by atoms with Gasteiger partial charge in [0.25, 0.3) is 0 Å². The fourth-order valence-electron chi connectivity index (χ4n) is 3.73. The first-order valence-corrected chi connectivity index (χ1v) is 14.6. The summed E-state index contributed by atoms with van der Waals surface area (Å²) in [6, 6.07) is 0. The second-order valence-electron chi connectivity index (χ2n) is 11.8. The third kappa shape index (κ3) is 7.92. The number of carbonyl (C=O) groups is 2. The molecule has 0 aromatic carbocycles. The SMILES string of the molecule is C=C1N=C(N)c2ncn([C@@H]3O[C@](CN=[N+]=[N-])(COP(=O)(OCOC(=O)C(C)(C)C)OCOC(=O)C(C)(C)C)[C@@H](O)[C@H]3F)c2N1. The molecule has 0 unspecified atom stereocenters. The van der Waals surface area contributed by atoms with Gasteiger partial charge in [-0.05, 0) is 47.1 Å². The molecule has 4 N–H and O–H groups in total. The number of aliphatic hydroxyl groups is 1. The molecule has 2 aliphatic heterocycles. The smallest absolute Gasteiger partial charge is 0.437 e. The molecule has 44 heavy (non-hydrogen) atoms. The number of nitrogens with two attached hydrogens (primary N) is 1. The number of phosphoric ester groups is 1. The molecular formula is C24H36FN8O10P. The summed E-state index contributed by atoms with van der Waals surface area (Å²) in [5.41, 5.74) is 11.0. The maximum absolute atomic E-state index is 15.7. The number of anilines is 1. The van der Waals surface area contributed by atoms with Gasteiger partial charge in [0.2, 0.25) is 13.6 Å². The van der Waals surface area contributed by atoms with E-state index in [-0.39, 0.29) is 23.2 Å². The van der Waals surface area contributed by atoms with Crippen LogP contribution in [0.1, 0.15) is 53.5 Å². The number of rotatable bonds is 12. The Balaban J connectivity index is 1.85. The van der Waals surface area contributed by atoms with Crippen molar-refractivity contribution in [2.75, 3.05) is 32.1 Å². The lowest BCUT2D eigenvalue weighted by atomic mass is 9.97. The molecule has 0 amide bonds. The first-order valence-electron chi connectivity index (χ1n) is 13.1. The zero-order chi connectivity index (χ0) is 33.1. The van der Waals surface area contributed by atoms with Crippen LogP contribution in [0.3, 0.4) is 0 Å². The summed E-state index contributed by atoms with van der Waals surface area (Å²) >= 11 is 0. The van der Waals surface area contributed by atoms with Crippen LogP contribution in [0.2, 0.25) is 0 Å². The summed E-state index contributed by atoms with van der Waals surface area (Å²) < 4.78 is 61.8. The quantitative estimate of drug-likeness (QED) is 0.0739. The Morgan fingerprint density at radius 2 is 1.80 bits per heavy atom. The number of aliphatic hydroxyl groups excluding tert-OH is 1. The number of halogens is 1. The highest BCUT2D eigenvalue weighted by Gasteiger charge is 2.57. The Kier molecular flexibility index (Phi) is 10.5. The van der Waals surface area contributed by atoms with Crippen molar-refractivity contribution in [3.05, 3.63) is 34.9 Å². The molecule has 1 aromatic rings. The number of ether oxygens (including phenoxy) is 3. The van der Waals surface area contributed by atoms with E-state index in [2.05, 4.69) is 31.9 Å². The van der Waals surface area contributed by atoms with Crippen molar-refractivity contribution in [1.82, 2.24) is 9.55 Å². The Bertz CT molecular complexity index is 1360. The summed E-state index contributed by atoms with van der Waals surface area (Å²) in [7, 11) is -4.80. The van der Waals surface area contributed by atoms with E-state index >= 15 is 4.39 Å². The van der Waals surface area contributed by atoms with Crippen molar-refractivity contribution in [2.24, 2.45) is 26.7 Å². The minimum absolute atomic E-state index is 0.00492. The number of hydrogen-bond donors (Lipinski definition) is 3. The van der Waals surface area contributed by atoms with Crippen molar-refractivity contribution in [2.45, 2.75) is 65.6 Å². The number of fused-ring (bicyclic) bond motifs is 1. The minimum Gasteiger partial charge on any atom is -0.437 e. The third-order valence-electron chi connectivity index (χ3n) is 6.19. The van der Waals surface area contributed by atoms with Crippen LogP contribution in [-0.4, -0.2) is 77.0 Å². The molecule has 0 aliphatic carbocycles. The lowest BCUT2D eigenvalue weighted by Gasteiger charge is -2.31. The molecule has 0 spiro atoms. The minimum atomic E-state index is -4.80. The van der Waals surface area contributed by atoms with E-state index in [9.17, 15) is 19.3 Å². The van der Waals surface area contributed by atoms with Crippen molar-refractivity contribution in [3.8, 4) is 0 Å². The molecule has 3 rings (SSSR count). The average molecular weight is 647 g/mol. The molecule has 20 heteroatoms. The molecule has 1 aromatic heterocycles. The van der Waals surface area contributed by atoms with E-state index in [1.807, 2.05) is 0 Å². The number of alkyl halides is 1. The van der Waals surface area contributed by atoms with E-state index < -0.39 is 81.4 Å². The highest BCUT2D eigenvalue weighted by atomic mass is 31.2. The maximum atomic E-state index is 15.7. The predicted molar refractivity (Wildman–Crippen MR) is 150 cm³/mol. The van der Waals surface area contributed by atoms with E-state index in [1.54, 1.807) is 41.5 Å². The second-order valence-corrected chi connectivity index (χ2v) is 13.5. The summed E-state index contributed by atoms with van der Waals surface area (Å²) in [5.74, 6) is -1.15.